The van der Waals surface area contributed by atoms with Gasteiger partial charge in [-0.25, -0.2) is 13.1 Å². The van der Waals surface area contributed by atoms with E-state index in [0.717, 1.165) is 11.8 Å². The van der Waals surface area contributed by atoms with E-state index in [1.807, 2.05) is 34.7 Å². The van der Waals surface area contributed by atoms with Crippen molar-refractivity contribution < 1.29 is 8.42 Å². The van der Waals surface area contributed by atoms with Crippen molar-refractivity contribution >= 4 is 43.5 Å². The van der Waals surface area contributed by atoms with Crippen molar-refractivity contribution in [1.29, 1.82) is 0 Å². The maximum Gasteiger partial charge on any atom is 0.221 e. The Hall–Kier alpha value is -1.00. The normalized spacial score (nSPS) is 11.9. The molecule has 2 N–H and O–H groups in total. The van der Waals surface area contributed by atoms with Gasteiger partial charge in [0.2, 0.25) is 15.5 Å². The molecule has 8 heteroatoms. The summed E-state index contributed by atoms with van der Waals surface area (Å²) in [5.74, 6) is 0. The van der Waals surface area contributed by atoms with Gasteiger partial charge in [0.25, 0.3) is 0 Å². The number of rotatable bonds is 5. The number of aromatic nitrogens is 2. The van der Waals surface area contributed by atoms with Gasteiger partial charge in [-0.15, -0.1) is 0 Å². The Morgan fingerprint density at radius 2 is 2.15 bits per heavy atom. The molecule has 1 aromatic carbocycles. The second-order valence-electron chi connectivity index (χ2n) is 4.45. The summed E-state index contributed by atoms with van der Waals surface area (Å²) in [6, 6.07) is 5.54. The van der Waals surface area contributed by atoms with Crippen LogP contribution in [0, 0.1) is 3.70 Å². The quantitative estimate of drug-likeness (QED) is 0.572. The van der Waals surface area contributed by atoms with Gasteiger partial charge in [-0.2, -0.15) is 5.10 Å². The highest BCUT2D eigenvalue weighted by Crippen LogP contribution is 2.15. The van der Waals surface area contributed by atoms with Crippen molar-refractivity contribution in [3.8, 4) is 0 Å². The fourth-order valence-electron chi connectivity index (χ4n) is 1.97. The second kappa shape index (κ2) is 6.19. The summed E-state index contributed by atoms with van der Waals surface area (Å²) in [6.07, 6.45) is 2.39. The van der Waals surface area contributed by atoms with Gasteiger partial charge in [-0.3, -0.25) is 9.89 Å². The predicted molar refractivity (Wildman–Crippen MR) is 86.2 cm³/mol. The van der Waals surface area contributed by atoms with E-state index in [-0.39, 0.29) is 5.43 Å². The molecule has 2 rings (SSSR count). The molecule has 0 radical (unpaired) electrons. The average Bonchev–Trinajstić information content (AvgIpc) is 2.38. The Labute approximate surface area is 130 Å². The molecule has 108 valence electrons. The zero-order chi connectivity index (χ0) is 14.8. The Morgan fingerprint density at radius 1 is 1.40 bits per heavy atom. The van der Waals surface area contributed by atoms with Crippen molar-refractivity contribution in [1.82, 2.24) is 14.9 Å². The number of halogens is 1. The first-order chi connectivity index (χ1) is 9.38. The maximum atomic E-state index is 12.1. The molecular weight excluding hydrogens is 393 g/mol. The highest BCUT2D eigenvalue weighted by atomic mass is 127. The van der Waals surface area contributed by atoms with Gasteiger partial charge >= 0.3 is 0 Å². The van der Waals surface area contributed by atoms with E-state index < -0.39 is 10.0 Å². The number of aromatic amines is 1. The van der Waals surface area contributed by atoms with Gasteiger partial charge in [-0.05, 0) is 47.1 Å². The second-order valence-corrected chi connectivity index (χ2v) is 7.31. The van der Waals surface area contributed by atoms with Crippen molar-refractivity contribution in [2.75, 3.05) is 12.8 Å². The number of fused-ring (bicyclic) bond motifs is 1. The Kier molecular flexibility index (Phi) is 4.76. The van der Waals surface area contributed by atoms with Gasteiger partial charge in [-0.1, -0.05) is 12.1 Å². The maximum absolute atomic E-state index is 12.1. The zero-order valence-electron chi connectivity index (χ0n) is 10.8. The molecule has 0 aliphatic heterocycles. The topological polar surface area (TPSA) is 91.9 Å². The van der Waals surface area contributed by atoms with Crippen molar-refractivity contribution in [3.05, 3.63) is 37.7 Å². The minimum atomic E-state index is -3.17. The number of hydrogen-bond acceptors (Lipinski definition) is 4. The third kappa shape index (κ3) is 3.76. The zero-order valence-corrected chi connectivity index (χ0v) is 13.8. The van der Waals surface area contributed by atoms with Gasteiger partial charge < -0.3 is 0 Å². The molecule has 0 unspecified atom stereocenters. The largest absolute Gasteiger partial charge is 0.286 e. The number of nitrogens with one attached hydrogen (secondary N) is 2. The fourth-order valence-corrected chi connectivity index (χ4v) is 2.87. The summed E-state index contributed by atoms with van der Waals surface area (Å²) in [5.41, 5.74) is 1.51. The van der Waals surface area contributed by atoms with Crippen LogP contribution in [0.1, 0.15) is 12.0 Å². The van der Waals surface area contributed by atoms with E-state index >= 15 is 0 Å². The third-order valence-electron chi connectivity index (χ3n) is 2.83. The first-order valence-electron chi connectivity index (χ1n) is 5.99. The molecule has 1 aromatic heterocycles. The van der Waals surface area contributed by atoms with Gasteiger partial charge in [0, 0.05) is 6.54 Å². The smallest absolute Gasteiger partial charge is 0.221 e. The number of aryl methyl sites for hydroxylation is 1. The van der Waals surface area contributed by atoms with E-state index in [1.54, 1.807) is 6.07 Å². The van der Waals surface area contributed by atoms with Crippen LogP contribution in [0.4, 0.5) is 0 Å². The minimum absolute atomic E-state index is 0.0916. The first kappa shape index (κ1) is 15.4. The molecule has 0 bridgehead atoms. The number of benzene rings is 1. The van der Waals surface area contributed by atoms with Gasteiger partial charge in [0.15, 0.2) is 3.70 Å². The molecule has 0 fully saturated rings. The molecule has 0 spiro atoms. The molecule has 0 saturated heterocycles. The van der Waals surface area contributed by atoms with Crippen LogP contribution in [0.3, 0.4) is 0 Å². The molecule has 0 saturated carbocycles. The highest BCUT2D eigenvalue weighted by molar-refractivity contribution is 14.1. The predicted octanol–water partition coefficient (Wildman–Crippen LogP) is 1.01. The Bertz CT molecular complexity index is 786. The number of hydrogen-bond donors (Lipinski definition) is 2. The lowest BCUT2D eigenvalue weighted by Gasteiger charge is -2.06. The SMILES string of the molecule is CS(=O)(=O)NCCCc1cccc2[nH]nc(I)c(=O)c12. The van der Waals surface area contributed by atoms with E-state index in [2.05, 4.69) is 14.9 Å². The van der Waals surface area contributed by atoms with Crippen molar-refractivity contribution in [3.63, 3.8) is 0 Å². The summed E-state index contributed by atoms with van der Waals surface area (Å²) in [7, 11) is -3.17. The Morgan fingerprint density at radius 3 is 2.85 bits per heavy atom. The fraction of sp³-hybridized carbons (Fsp3) is 0.333. The van der Waals surface area contributed by atoms with Crippen LogP contribution in [-0.4, -0.2) is 31.4 Å². The van der Waals surface area contributed by atoms with Crippen molar-refractivity contribution in [2.45, 2.75) is 12.8 Å². The lowest BCUT2D eigenvalue weighted by atomic mass is 10.0. The molecule has 2 aromatic rings. The lowest BCUT2D eigenvalue weighted by molar-refractivity contribution is 0.585. The summed E-state index contributed by atoms with van der Waals surface area (Å²) in [5, 5.41) is 7.41. The van der Waals surface area contributed by atoms with Crippen molar-refractivity contribution in [2.24, 2.45) is 0 Å². The minimum Gasteiger partial charge on any atom is -0.286 e. The molecule has 0 amide bonds. The Balaban J connectivity index is 2.22. The van der Waals surface area contributed by atoms with E-state index in [4.69, 9.17) is 0 Å². The molecular formula is C12H14IN3O3S. The number of sulfonamides is 1. The molecule has 0 atom stereocenters. The highest BCUT2D eigenvalue weighted by Gasteiger charge is 2.09. The van der Waals surface area contributed by atoms with Crippen LogP contribution in [0.15, 0.2) is 23.0 Å². The van der Waals surface area contributed by atoms with Crippen LogP contribution >= 0.6 is 22.6 Å². The van der Waals surface area contributed by atoms with Crippen LogP contribution in [-0.2, 0) is 16.4 Å². The lowest BCUT2D eigenvalue weighted by Crippen LogP contribution is -2.23. The number of nitrogens with zero attached hydrogens (tertiary/aromatic N) is 1. The molecule has 0 aliphatic rings. The van der Waals surface area contributed by atoms with Gasteiger partial charge in [0.05, 0.1) is 17.2 Å². The van der Waals surface area contributed by atoms with E-state index in [0.29, 0.717) is 34.0 Å². The monoisotopic (exact) mass is 407 g/mol. The standard InChI is InChI=1S/C12H14IN3O3S/c1-20(18,19)14-7-3-5-8-4-2-6-9-10(8)11(17)12(13)16-15-9/h2,4,6,14H,3,5,7H2,1H3,(H,15,17). The van der Waals surface area contributed by atoms with Crippen LogP contribution < -0.4 is 10.2 Å². The van der Waals surface area contributed by atoms with E-state index in [1.165, 1.54) is 0 Å². The van der Waals surface area contributed by atoms with Crippen LogP contribution in [0.5, 0.6) is 0 Å². The van der Waals surface area contributed by atoms with E-state index in [9.17, 15) is 13.2 Å². The summed E-state index contributed by atoms with van der Waals surface area (Å²) in [6.45, 7) is 0.356. The summed E-state index contributed by atoms with van der Waals surface area (Å²) >= 11 is 1.90. The molecule has 0 aliphatic carbocycles. The van der Waals surface area contributed by atoms with Crippen LogP contribution in [0.25, 0.3) is 10.9 Å². The molecule has 6 nitrogen and oxygen atoms in total. The summed E-state index contributed by atoms with van der Waals surface area (Å²) < 4.78 is 24.8. The number of H-pyrrole nitrogens is 1. The first-order valence-corrected chi connectivity index (χ1v) is 8.96. The molecule has 1 heterocycles. The van der Waals surface area contributed by atoms with Gasteiger partial charge in [0.1, 0.15) is 0 Å². The molecule has 20 heavy (non-hydrogen) atoms. The average molecular weight is 407 g/mol. The summed E-state index contributed by atoms with van der Waals surface area (Å²) in [4.78, 5) is 12.1. The third-order valence-corrected chi connectivity index (χ3v) is 4.29. The van der Waals surface area contributed by atoms with Crippen LogP contribution in [0.2, 0.25) is 0 Å².